The van der Waals surface area contributed by atoms with Gasteiger partial charge in [0.25, 0.3) is 5.84 Å². The molecule has 0 spiro atoms. The topological polar surface area (TPSA) is 35.5 Å². The minimum Gasteiger partial charge on any atom is -0.171 e. The van der Waals surface area contributed by atoms with Crippen molar-refractivity contribution in [1.82, 2.24) is 0 Å². The van der Waals surface area contributed by atoms with Crippen LogP contribution in [0.25, 0.3) is 0 Å². The zero-order valence-corrected chi connectivity index (χ0v) is 12.6. The van der Waals surface area contributed by atoms with Crippen LogP contribution in [0.15, 0.2) is 83.3 Å². The third-order valence-corrected chi connectivity index (χ3v) is 4.32. The lowest BCUT2D eigenvalue weighted by Crippen LogP contribution is -2.96. The van der Waals surface area contributed by atoms with Crippen molar-refractivity contribution >= 4 is 28.5 Å². The number of quaternary nitrogens is 1. The third kappa shape index (κ3) is 2.36. The van der Waals surface area contributed by atoms with Gasteiger partial charge >= 0.3 is 0 Å². The van der Waals surface area contributed by atoms with Gasteiger partial charge in [0.15, 0.2) is 0 Å². The number of anilines is 2. The highest BCUT2D eigenvalue weighted by Gasteiger charge is 2.31. The first-order valence-electron chi connectivity index (χ1n) is 7.08. The third-order valence-electron chi connectivity index (χ3n) is 3.43. The first kappa shape index (κ1) is 13.1. The minimum absolute atomic E-state index is 0.975. The molecule has 4 nitrogen and oxygen atoms in total. The molecule has 0 unspecified atom stereocenters. The smallest absolute Gasteiger partial charge is 0.171 e. The molecule has 3 aromatic rings. The number of benzene rings is 2. The van der Waals surface area contributed by atoms with Crippen molar-refractivity contribution in [2.24, 2.45) is 5.10 Å². The Morgan fingerprint density at radius 1 is 0.773 bits per heavy atom. The first-order valence-corrected chi connectivity index (χ1v) is 7.96. The van der Waals surface area contributed by atoms with Crippen molar-refractivity contribution in [2.75, 3.05) is 10.2 Å². The Kier molecular flexibility index (Phi) is 3.34. The molecule has 1 aliphatic heterocycles. The van der Waals surface area contributed by atoms with E-state index in [0.29, 0.717) is 0 Å². The monoisotopic (exact) mass is 307 g/mol. The lowest BCUT2D eigenvalue weighted by Gasteiger charge is -2.23. The maximum Gasteiger partial charge on any atom is 0.287 e. The number of nitrogens with zero attached hydrogens (tertiary/aromatic N) is 3. The van der Waals surface area contributed by atoms with Crippen LogP contribution in [-0.2, 0) is 0 Å². The Morgan fingerprint density at radius 3 is 2.09 bits per heavy atom. The van der Waals surface area contributed by atoms with Gasteiger partial charge in [-0.3, -0.25) is 0 Å². The molecule has 0 bridgehead atoms. The zero-order valence-electron chi connectivity index (χ0n) is 11.8. The first-order chi connectivity index (χ1) is 10.9. The Bertz CT molecular complexity index is 769. The maximum absolute atomic E-state index is 4.79. The predicted molar refractivity (Wildman–Crippen MR) is 90.6 cm³/mol. The van der Waals surface area contributed by atoms with E-state index in [9.17, 15) is 0 Å². The quantitative estimate of drug-likeness (QED) is 0.755. The van der Waals surface area contributed by atoms with Crippen LogP contribution in [-0.4, -0.2) is 5.84 Å². The summed E-state index contributed by atoms with van der Waals surface area (Å²) in [5.74, 6) is 0.975. The molecule has 0 radical (unpaired) electrons. The average molecular weight is 307 g/mol. The second-order valence-electron chi connectivity index (χ2n) is 4.90. The molecule has 108 valence electrons. The predicted octanol–water partition coefficient (Wildman–Crippen LogP) is 2.83. The number of para-hydroxylation sites is 2. The van der Waals surface area contributed by atoms with Crippen LogP contribution in [0.3, 0.4) is 0 Å². The van der Waals surface area contributed by atoms with Gasteiger partial charge in [-0.25, -0.2) is 0 Å². The van der Waals surface area contributed by atoms with Crippen LogP contribution >= 0.6 is 11.3 Å². The van der Waals surface area contributed by atoms with E-state index in [4.69, 9.17) is 5.10 Å². The molecule has 1 aliphatic rings. The van der Waals surface area contributed by atoms with Gasteiger partial charge in [0, 0.05) is 0 Å². The van der Waals surface area contributed by atoms with Crippen LogP contribution in [0.2, 0.25) is 0 Å². The highest BCUT2D eigenvalue weighted by atomic mass is 32.1. The van der Waals surface area contributed by atoms with Crippen molar-refractivity contribution in [3.63, 3.8) is 0 Å². The van der Waals surface area contributed by atoms with Gasteiger partial charge in [-0.1, -0.05) is 47.6 Å². The van der Waals surface area contributed by atoms with Crippen LogP contribution in [0.4, 0.5) is 11.4 Å². The molecule has 0 saturated carbocycles. The Hall–Kier alpha value is -2.63. The lowest BCUT2D eigenvalue weighted by atomic mass is 10.3. The van der Waals surface area contributed by atoms with Crippen LogP contribution in [0.1, 0.15) is 4.88 Å². The zero-order chi connectivity index (χ0) is 14.8. The van der Waals surface area contributed by atoms with E-state index < -0.39 is 0 Å². The van der Waals surface area contributed by atoms with Crippen LogP contribution in [0, 0.1) is 0 Å². The number of hydrogen-bond acceptors (Lipinski definition) is 4. The molecule has 0 aliphatic carbocycles. The molecule has 2 N–H and O–H groups in total. The normalized spacial score (nSPS) is 14.3. The molecule has 4 rings (SSSR count). The molecular formula is C17H15N4S+. The van der Waals surface area contributed by atoms with Crippen LogP contribution in [0.5, 0.6) is 0 Å². The molecule has 22 heavy (non-hydrogen) atoms. The Morgan fingerprint density at radius 2 is 1.45 bits per heavy atom. The van der Waals surface area contributed by atoms with Crippen molar-refractivity contribution in [2.45, 2.75) is 0 Å². The van der Waals surface area contributed by atoms with Crippen molar-refractivity contribution in [3.05, 3.63) is 83.1 Å². The number of nitrogens with two attached hydrogens (primary N) is 1. The number of hydrazine groups is 1. The van der Waals surface area contributed by atoms with E-state index in [0.717, 1.165) is 17.2 Å². The Labute approximate surface area is 132 Å². The summed E-state index contributed by atoms with van der Waals surface area (Å²) in [6, 6.07) is 24.6. The standard InChI is InChI=1S/C17H14N4S/c1-3-8-14(9-4-1)20-18-17(16-12-7-13-22-16)19-21(20)15-10-5-2-6-11-15/h1-13H,(H,18,19)/p+1. The van der Waals surface area contributed by atoms with E-state index in [-0.39, 0.29) is 0 Å². The fourth-order valence-corrected chi connectivity index (χ4v) is 3.07. The summed E-state index contributed by atoms with van der Waals surface area (Å²) in [6.07, 6.45) is 0. The molecule has 1 aromatic heterocycles. The average Bonchev–Trinajstić information content (AvgIpc) is 3.26. The summed E-state index contributed by atoms with van der Waals surface area (Å²) in [5.41, 5.74) is 4.20. The summed E-state index contributed by atoms with van der Waals surface area (Å²) in [4.78, 5) is 1.17. The molecule has 5 heteroatoms. The largest absolute Gasteiger partial charge is 0.287 e. The van der Waals surface area contributed by atoms with E-state index in [1.807, 2.05) is 47.6 Å². The molecule has 2 aromatic carbocycles. The maximum atomic E-state index is 4.79. The SMILES string of the molecule is c1ccc(N2N=C(c3cccs3)[NH2+]N2c2ccccc2)cc1. The van der Waals surface area contributed by atoms with Crippen molar-refractivity contribution < 1.29 is 5.43 Å². The van der Waals surface area contributed by atoms with Crippen molar-refractivity contribution in [3.8, 4) is 0 Å². The van der Waals surface area contributed by atoms with Gasteiger partial charge in [-0.2, -0.15) is 5.43 Å². The van der Waals surface area contributed by atoms with E-state index in [2.05, 4.69) is 46.3 Å². The molecular weight excluding hydrogens is 292 g/mol. The summed E-state index contributed by atoms with van der Waals surface area (Å²) in [7, 11) is 0. The number of thiophene rings is 1. The Balaban J connectivity index is 1.75. The highest BCUT2D eigenvalue weighted by Crippen LogP contribution is 2.23. The second kappa shape index (κ2) is 5.63. The highest BCUT2D eigenvalue weighted by molar-refractivity contribution is 7.12. The summed E-state index contributed by atoms with van der Waals surface area (Å²) in [6.45, 7) is 0. The molecule has 0 amide bonds. The summed E-state index contributed by atoms with van der Waals surface area (Å²) >= 11 is 1.70. The number of rotatable bonds is 3. The lowest BCUT2D eigenvalue weighted by molar-refractivity contribution is -0.545. The number of amidine groups is 1. The number of hydrazone groups is 1. The summed E-state index contributed by atoms with van der Waals surface area (Å²) < 4.78 is 0. The fourth-order valence-electron chi connectivity index (χ4n) is 2.39. The second-order valence-corrected chi connectivity index (χ2v) is 5.84. The number of hydrogen-bond donors (Lipinski definition) is 1. The van der Waals surface area contributed by atoms with Gasteiger partial charge in [0.1, 0.15) is 10.6 Å². The van der Waals surface area contributed by atoms with Gasteiger partial charge in [-0.15, -0.1) is 21.6 Å². The fraction of sp³-hybridized carbons (Fsp3) is 0. The van der Waals surface area contributed by atoms with Gasteiger partial charge in [-0.05, 0) is 35.7 Å². The van der Waals surface area contributed by atoms with E-state index in [1.165, 1.54) is 4.88 Å². The van der Waals surface area contributed by atoms with Crippen molar-refractivity contribution in [1.29, 1.82) is 0 Å². The van der Waals surface area contributed by atoms with Gasteiger partial charge < -0.3 is 0 Å². The molecule has 0 atom stereocenters. The van der Waals surface area contributed by atoms with Crippen LogP contribution < -0.4 is 15.7 Å². The van der Waals surface area contributed by atoms with Gasteiger partial charge in [0.05, 0.1) is 5.69 Å². The van der Waals surface area contributed by atoms with Gasteiger partial charge in [0.2, 0.25) is 0 Å². The van der Waals surface area contributed by atoms with E-state index >= 15 is 0 Å². The summed E-state index contributed by atoms with van der Waals surface area (Å²) in [5, 5.41) is 10.9. The molecule has 0 saturated heterocycles. The minimum atomic E-state index is 0.975. The molecule has 0 fully saturated rings. The molecule has 2 heterocycles. The van der Waals surface area contributed by atoms with E-state index in [1.54, 1.807) is 11.3 Å².